The number of likely N-dealkylation sites (tertiary alicyclic amines) is 1. The van der Waals surface area contributed by atoms with Crippen molar-refractivity contribution >= 4 is 6.03 Å². The topological polar surface area (TPSA) is 50.8 Å². The molecule has 1 aromatic carbocycles. The summed E-state index contributed by atoms with van der Waals surface area (Å²) in [5.41, 5.74) is 1.27. The van der Waals surface area contributed by atoms with Crippen molar-refractivity contribution in [2.45, 2.75) is 38.1 Å². The second kappa shape index (κ2) is 7.11. The van der Waals surface area contributed by atoms with Crippen LogP contribution in [0.5, 0.6) is 11.5 Å². The third kappa shape index (κ3) is 4.09. The van der Waals surface area contributed by atoms with Crippen LogP contribution in [0.1, 0.15) is 31.2 Å². The number of nitrogens with zero attached hydrogens (tertiary/aromatic N) is 1. The van der Waals surface area contributed by atoms with Crippen molar-refractivity contribution in [3.63, 3.8) is 0 Å². The van der Waals surface area contributed by atoms with E-state index in [1.165, 1.54) is 5.56 Å². The van der Waals surface area contributed by atoms with Crippen LogP contribution < -0.4 is 14.8 Å². The fourth-order valence-electron chi connectivity index (χ4n) is 3.17. The third-order valence-corrected chi connectivity index (χ3v) is 4.78. The molecular weight excluding hydrogens is 292 g/mol. The highest BCUT2D eigenvalue weighted by molar-refractivity contribution is 5.74. The summed E-state index contributed by atoms with van der Waals surface area (Å²) in [4.78, 5) is 14.0. The highest BCUT2D eigenvalue weighted by Gasteiger charge is 2.28. The van der Waals surface area contributed by atoms with Crippen molar-refractivity contribution in [2.75, 3.05) is 27.3 Å². The van der Waals surface area contributed by atoms with Crippen LogP contribution in [0.3, 0.4) is 0 Å². The highest BCUT2D eigenvalue weighted by atomic mass is 16.5. The van der Waals surface area contributed by atoms with Crippen LogP contribution in [-0.4, -0.2) is 44.3 Å². The quantitative estimate of drug-likeness (QED) is 0.908. The molecule has 2 fully saturated rings. The Balaban J connectivity index is 1.51. The zero-order chi connectivity index (χ0) is 16.2. The van der Waals surface area contributed by atoms with Gasteiger partial charge in [-0.1, -0.05) is 6.07 Å². The second-order valence-corrected chi connectivity index (χ2v) is 6.55. The van der Waals surface area contributed by atoms with Crippen LogP contribution in [-0.2, 0) is 6.42 Å². The van der Waals surface area contributed by atoms with E-state index in [-0.39, 0.29) is 6.03 Å². The summed E-state index contributed by atoms with van der Waals surface area (Å²) < 4.78 is 10.7. The molecule has 0 unspecified atom stereocenters. The van der Waals surface area contributed by atoms with Gasteiger partial charge < -0.3 is 19.7 Å². The number of ether oxygens (including phenoxy) is 2. The molecule has 126 valence electrons. The molecule has 3 rings (SSSR count). The van der Waals surface area contributed by atoms with Gasteiger partial charge in [0.25, 0.3) is 0 Å². The summed E-state index contributed by atoms with van der Waals surface area (Å²) >= 11 is 0. The number of hydrogen-bond acceptors (Lipinski definition) is 3. The monoisotopic (exact) mass is 318 g/mol. The minimum atomic E-state index is 0.122. The molecule has 23 heavy (non-hydrogen) atoms. The normalized spacial score (nSPS) is 18.6. The molecule has 5 heteroatoms. The Bertz CT molecular complexity index is 549. The maximum Gasteiger partial charge on any atom is 0.317 e. The first-order valence-electron chi connectivity index (χ1n) is 8.46. The van der Waals surface area contributed by atoms with E-state index < -0.39 is 0 Å². The molecule has 0 radical (unpaired) electrons. The first-order chi connectivity index (χ1) is 11.2. The average molecular weight is 318 g/mol. The fraction of sp³-hybridized carbons (Fsp3) is 0.611. The Labute approximate surface area is 137 Å². The minimum absolute atomic E-state index is 0.122. The van der Waals surface area contributed by atoms with E-state index in [4.69, 9.17) is 9.47 Å². The van der Waals surface area contributed by atoms with Crippen molar-refractivity contribution in [2.24, 2.45) is 5.92 Å². The van der Waals surface area contributed by atoms with Gasteiger partial charge in [0.05, 0.1) is 14.2 Å². The van der Waals surface area contributed by atoms with E-state index in [2.05, 4.69) is 17.4 Å². The molecule has 0 atom stereocenters. The van der Waals surface area contributed by atoms with E-state index in [0.29, 0.717) is 12.0 Å². The van der Waals surface area contributed by atoms with Gasteiger partial charge in [0.1, 0.15) is 0 Å². The van der Waals surface area contributed by atoms with Gasteiger partial charge in [-0.15, -0.1) is 0 Å². The number of amides is 2. The summed E-state index contributed by atoms with van der Waals surface area (Å²) in [7, 11) is 3.32. The third-order valence-electron chi connectivity index (χ3n) is 4.78. The summed E-state index contributed by atoms with van der Waals surface area (Å²) in [6.07, 6.45) is 5.43. The molecule has 1 saturated heterocycles. The number of urea groups is 1. The minimum Gasteiger partial charge on any atom is -0.493 e. The Morgan fingerprint density at radius 2 is 1.83 bits per heavy atom. The first kappa shape index (κ1) is 16.0. The molecule has 5 nitrogen and oxygen atoms in total. The smallest absolute Gasteiger partial charge is 0.317 e. The van der Waals surface area contributed by atoms with Crippen LogP contribution in [0, 0.1) is 5.92 Å². The van der Waals surface area contributed by atoms with Crippen molar-refractivity contribution in [3.05, 3.63) is 23.8 Å². The van der Waals surface area contributed by atoms with Gasteiger partial charge in [0.15, 0.2) is 11.5 Å². The lowest BCUT2D eigenvalue weighted by molar-refractivity contribution is 0.170. The van der Waals surface area contributed by atoms with Crippen LogP contribution >= 0.6 is 0 Å². The molecule has 0 spiro atoms. The molecule has 0 bridgehead atoms. The highest BCUT2D eigenvalue weighted by Crippen LogP contribution is 2.30. The molecule has 1 heterocycles. The number of carbonyl (C=O) groups excluding carboxylic acids is 1. The molecule has 1 saturated carbocycles. The average Bonchev–Trinajstić information content (AvgIpc) is 3.39. The van der Waals surface area contributed by atoms with Gasteiger partial charge in [-0.25, -0.2) is 4.79 Å². The van der Waals surface area contributed by atoms with Crippen molar-refractivity contribution < 1.29 is 14.3 Å². The van der Waals surface area contributed by atoms with E-state index in [1.807, 2.05) is 11.0 Å². The number of nitrogens with one attached hydrogen (secondary N) is 1. The number of carbonyl (C=O) groups is 1. The second-order valence-electron chi connectivity index (χ2n) is 6.55. The van der Waals surface area contributed by atoms with Crippen LogP contribution in [0.4, 0.5) is 4.79 Å². The molecule has 2 amide bonds. The number of benzene rings is 1. The zero-order valence-electron chi connectivity index (χ0n) is 14.0. The summed E-state index contributed by atoms with van der Waals surface area (Å²) in [6, 6.07) is 6.69. The molecule has 1 N–H and O–H groups in total. The number of piperidine rings is 1. The summed E-state index contributed by atoms with van der Waals surface area (Å²) in [5.74, 6) is 2.17. The van der Waals surface area contributed by atoms with E-state index in [9.17, 15) is 4.79 Å². The Morgan fingerprint density at radius 1 is 1.13 bits per heavy atom. The lowest BCUT2D eigenvalue weighted by Gasteiger charge is -2.32. The van der Waals surface area contributed by atoms with Gasteiger partial charge in [-0.3, -0.25) is 0 Å². The van der Waals surface area contributed by atoms with Gasteiger partial charge in [0, 0.05) is 19.1 Å². The largest absolute Gasteiger partial charge is 0.493 e. The zero-order valence-corrected chi connectivity index (χ0v) is 14.0. The fourth-order valence-corrected chi connectivity index (χ4v) is 3.17. The van der Waals surface area contributed by atoms with Crippen LogP contribution in [0.25, 0.3) is 0 Å². The lowest BCUT2D eigenvalue weighted by Crippen LogP contribution is -2.45. The number of rotatable bonds is 5. The number of hydrogen-bond donors (Lipinski definition) is 1. The number of methoxy groups -OCH3 is 2. The van der Waals surface area contributed by atoms with Crippen molar-refractivity contribution in [1.29, 1.82) is 0 Å². The van der Waals surface area contributed by atoms with Gasteiger partial charge in [0.2, 0.25) is 0 Å². The van der Waals surface area contributed by atoms with E-state index in [1.54, 1.807) is 14.2 Å². The molecule has 1 aromatic rings. The molecule has 0 aromatic heterocycles. The van der Waals surface area contributed by atoms with Crippen molar-refractivity contribution in [3.8, 4) is 11.5 Å². The first-order valence-corrected chi connectivity index (χ1v) is 8.46. The van der Waals surface area contributed by atoms with Crippen molar-refractivity contribution in [1.82, 2.24) is 10.2 Å². The maximum atomic E-state index is 12.1. The van der Waals surface area contributed by atoms with E-state index in [0.717, 1.165) is 56.7 Å². The SMILES string of the molecule is COc1ccc(CC2CCN(C(=O)NC3CC3)CC2)cc1OC. The molecule has 1 aliphatic carbocycles. The van der Waals surface area contributed by atoms with Gasteiger partial charge in [-0.05, 0) is 55.7 Å². The molecule has 1 aliphatic heterocycles. The van der Waals surface area contributed by atoms with Crippen LogP contribution in [0.15, 0.2) is 18.2 Å². The molecular formula is C18H26N2O3. The summed E-state index contributed by atoms with van der Waals surface area (Å²) in [6.45, 7) is 1.72. The van der Waals surface area contributed by atoms with Gasteiger partial charge in [-0.2, -0.15) is 0 Å². The Kier molecular flexibility index (Phi) is 4.94. The van der Waals surface area contributed by atoms with E-state index >= 15 is 0 Å². The molecule has 2 aliphatic rings. The van der Waals surface area contributed by atoms with Crippen LogP contribution in [0.2, 0.25) is 0 Å². The Hall–Kier alpha value is -1.91. The summed E-state index contributed by atoms with van der Waals surface area (Å²) in [5, 5.41) is 3.07. The predicted molar refractivity (Wildman–Crippen MR) is 89.1 cm³/mol. The lowest BCUT2D eigenvalue weighted by atomic mass is 9.90. The Morgan fingerprint density at radius 3 is 2.43 bits per heavy atom. The van der Waals surface area contributed by atoms with Gasteiger partial charge >= 0.3 is 6.03 Å². The maximum absolute atomic E-state index is 12.1. The predicted octanol–water partition coefficient (Wildman–Crippen LogP) is 2.83. The standard InChI is InChI=1S/C18H26N2O3/c1-22-16-6-3-14(12-17(16)23-2)11-13-7-9-20(10-8-13)18(21)19-15-4-5-15/h3,6,12-13,15H,4-5,7-11H2,1-2H3,(H,19,21).